The van der Waals surface area contributed by atoms with Crippen LogP contribution in [0.2, 0.25) is 5.02 Å². The maximum absolute atomic E-state index is 6.20. The van der Waals surface area contributed by atoms with Gasteiger partial charge in [-0.2, -0.15) is 0 Å². The van der Waals surface area contributed by atoms with Crippen molar-refractivity contribution in [3.8, 4) is 5.75 Å². The van der Waals surface area contributed by atoms with Crippen LogP contribution in [0, 0.1) is 0 Å². The van der Waals surface area contributed by atoms with Crippen molar-refractivity contribution in [1.29, 1.82) is 0 Å². The summed E-state index contributed by atoms with van der Waals surface area (Å²) in [4.78, 5) is 15.4. The predicted octanol–water partition coefficient (Wildman–Crippen LogP) is 2.63. The van der Waals surface area contributed by atoms with E-state index in [1.807, 2.05) is 18.2 Å². The summed E-state index contributed by atoms with van der Waals surface area (Å²) in [6.45, 7) is 0.494. The molecular weight excluding hydrogens is 278 g/mol. The molecule has 0 saturated carbocycles. The monoisotopic (exact) mass is 289 g/mol. The Morgan fingerprint density at radius 1 is 1.30 bits per heavy atom. The number of benzene rings is 1. The Morgan fingerprint density at radius 3 is 3.05 bits per heavy atom. The normalized spacial score (nSPS) is 10.7. The number of H-pyrrole nitrogens is 1. The lowest BCUT2D eigenvalue weighted by Gasteiger charge is -2.11. The van der Waals surface area contributed by atoms with Crippen LogP contribution in [0.5, 0.6) is 5.75 Å². The van der Waals surface area contributed by atoms with Gasteiger partial charge in [-0.3, -0.25) is 0 Å². The van der Waals surface area contributed by atoms with Gasteiger partial charge in [0.05, 0.1) is 13.4 Å². The Morgan fingerprint density at radius 2 is 2.20 bits per heavy atom. The van der Waals surface area contributed by atoms with Gasteiger partial charge in [-0.1, -0.05) is 17.7 Å². The molecule has 2 aromatic heterocycles. The van der Waals surface area contributed by atoms with Crippen LogP contribution in [0.3, 0.4) is 0 Å². The number of nitrogens with zero attached hydrogens (tertiary/aromatic N) is 3. The summed E-state index contributed by atoms with van der Waals surface area (Å²) in [5, 5.41) is 3.86. The molecule has 0 unspecified atom stereocenters. The summed E-state index contributed by atoms with van der Waals surface area (Å²) in [5.74, 6) is 1.41. The number of aromatic nitrogens is 4. The van der Waals surface area contributed by atoms with Crippen molar-refractivity contribution >= 4 is 28.6 Å². The van der Waals surface area contributed by atoms with Crippen LogP contribution in [-0.2, 0) is 6.54 Å². The zero-order valence-corrected chi connectivity index (χ0v) is 11.5. The highest BCUT2D eigenvalue weighted by Gasteiger charge is 2.10. The van der Waals surface area contributed by atoms with E-state index in [9.17, 15) is 0 Å². The number of ether oxygens (including phenoxy) is 1. The van der Waals surface area contributed by atoms with E-state index in [-0.39, 0.29) is 0 Å². The molecule has 3 aromatic rings. The molecule has 3 rings (SSSR count). The molecule has 0 radical (unpaired) electrons. The van der Waals surface area contributed by atoms with Gasteiger partial charge in [0, 0.05) is 17.1 Å². The highest BCUT2D eigenvalue weighted by atomic mass is 35.5. The molecule has 6 nitrogen and oxygen atoms in total. The van der Waals surface area contributed by atoms with Crippen molar-refractivity contribution in [2.75, 3.05) is 12.4 Å². The van der Waals surface area contributed by atoms with E-state index >= 15 is 0 Å². The Labute approximate surface area is 120 Å². The minimum Gasteiger partial charge on any atom is -0.496 e. The first-order valence-electron chi connectivity index (χ1n) is 5.99. The third kappa shape index (κ3) is 2.25. The van der Waals surface area contributed by atoms with Crippen LogP contribution in [0.1, 0.15) is 5.56 Å². The van der Waals surface area contributed by atoms with Crippen LogP contribution in [0.4, 0.5) is 5.82 Å². The van der Waals surface area contributed by atoms with Crippen LogP contribution in [-0.4, -0.2) is 27.0 Å². The molecule has 2 heterocycles. The van der Waals surface area contributed by atoms with Gasteiger partial charge < -0.3 is 15.0 Å². The minimum atomic E-state index is 0.494. The maximum Gasteiger partial charge on any atom is 0.182 e. The van der Waals surface area contributed by atoms with Gasteiger partial charge in [0.15, 0.2) is 11.5 Å². The fraction of sp³-hybridized carbons (Fsp3) is 0.154. The molecule has 102 valence electrons. The van der Waals surface area contributed by atoms with E-state index in [0.717, 1.165) is 16.8 Å². The third-order valence-corrected chi connectivity index (χ3v) is 3.31. The lowest BCUT2D eigenvalue weighted by atomic mass is 10.2. The largest absolute Gasteiger partial charge is 0.496 e. The van der Waals surface area contributed by atoms with Crippen molar-refractivity contribution in [3.63, 3.8) is 0 Å². The molecule has 0 aliphatic rings. The number of methoxy groups -OCH3 is 1. The van der Waals surface area contributed by atoms with Gasteiger partial charge in [0.25, 0.3) is 0 Å². The number of nitrogens with one attached hydrogen (secondary N) is 2. The standard InChI is InChI=1S/C13H12ClN5O/c1-20-10-4-2-3-9(14)8(10)5-15-12-11-13(17-6-16-11)19-7-18-12/h2-4,6-7H,5H2,1H3,(H2,15,16,17,18,19). The SMILES string of the molecule is COc1cccc(Cl)c1CNc1ncnc2nc[nH]c12. The van der Waals surface area contributed by atoms with Crippen LogP contribution in [0.15, 0.2) is 30.9 Å². The molecule has 0 amide bonds. The number of hydrogen-bond acceptors (Lipinski definition) is 5. The second-order valence-electron chi connectivity index (χ2n) is 4.10. The fourth-order valence-corrected chi connectivity index (χ4v) is 2.21. The van der Waals surface area contributed by atoms with Gasteiger partial charge in [-0.05, 0) is 12.1 Å². The summed E-state index contributed by atoms with van der Waals surface area (Å²) in [6.07, 6.45) is 3.05. The highest BCUT2D eigenvalue weighted by Crippen LogP contribution is 2.27. The molecule has 0 atom stereocenters. The third-order valence-electron chi connectivity index (χ3n) is 2.95. The summed E-state index contributed by atoms with van der Waals surface area (Å²) >= 11 is 6.20. The average molecular weight is 290 g/mol. The van der Waals surface area contributed by atoms with E-state index in [4.69, 9.17) is 16.3 Å². The lowest BCUT2D eigenvalue weighted by Crippen LogP contribution is -2.04. The smallest absolute Gasteiger partial charge is 0.182 e. The number of fused-ring (bicyclic) bond motifs is 1. The summed E-state index contributed by atoms with van der Waals surface area (Å²) in [6, 6.07) is 5.55. The topological polar surface area (TPSA) is 75.7 Å². The first-order valence-corrected chi connectivity index (χ1v) is 6.36. The molecule has 0 fully saturated rings. The Bertz CT molecular complexity index is 742. The van der Waals surface area contributed by atoms with Crippen LogP contribution in [0.25, 0.3) is 11.2 Å². The zero-order valence-electron chi connectivity index (χ0n) is 10.7. The number of aromatic amines is 1. The van der Waals surface area contributed by atoms with Crippen molar-refractivity contribution in [2.24, 2.45) is 0 Å². The number of anilines is 1. The van der Waals surface area contributed by atoms with Crippen LogP contribution < -0.4 is 10.1 Å². The Balaban J connectivity index is 1.88. The van der Waals surface area contributed by atoms with E-state index in [1.54, 1.807) is 13.4 Å². The first-order chi connectivity index (χ1) is 9.79. The van der Waals surface area contributed by atoms with E-state index in [2.05, 4.69) is 25.3 Å². The fourth-order valence-electron chi connectivity index (χ4n) is 1.97. The Kier molecular flexibility index (Phi) is 3.39. The molecular formula is C13H12ClN5O. The quantitative estimate of drug-likeness (QED) is 0.772. The van der Waals surface area contributed by atoms with Gasteiger partial charge >= 0.3 is 0 Å². The van der Waals surface area contributed by atoms with Gasteiger partial charge in [-0.15, -0.1) is 0 Å². The molecule has 0 saturated heterocycles. The first kappa shape index (κ1) is 12.7. The molecule has 20 heavy (non-hydrogen) atoms. The highest BCUT2D eigenvalue weighted by molar-refractivity contribution is 6.31. The number of halogens is 1. The minimum absolute atomic E-state index is 0.494. The maximum atomic E-state index is 6.20. The zero-order chi connectivity index (χ0) is 13.9. The van der Waals surface area contributed by atoms with Crippen molar-refractivity contribution in [1.82, 2.24) is 19.9 Å². The number of imidazole rings is 1. The van der Waals surface area contributed by atoms with Crippen LogP contribution >= 0.6 is 11.6 Å². The van der Waals surface area contributed by atoms with E-state index in [0.29, 0.717) is 23.0 Å². The number of rotatable bonds is 4. The van der Waals surface area contributed by atoms with E-state index < -0.39 is 0 Å². The molecule has 0 aliphatic carbocycles. The summed E-state index contributed by atoms with van der Waals surface area (Å²) < 4.78 is 5.31. The summed E-state index contributed by atoms with van der Waals surface area (Å²) in [7, 11) is 1.62. The van der Waals surface area contributed by atoms with Gasteiger partial charge in [0.1, 0.15) is 17.6 Å². The van der Waals surface area contributed by atoms with Gasteiger partial charge in [0.2, 0.25) is 0 Å². The molecule has 2 N–H and O–H groups in total. The van der Waals surface area contributed by atoms with E-state index in [1.165, 1.54) is 6.33 Å². The molecule has 0 aliphatic heterocycles. The average Bonchev–Trinajstić information content (AvgIpc) is 2.94. The van der Waals surface area contributed by atoms with Gasteiger partial charge in [-0.25, -0.2) is 15.0 Å². The number of hydrogen-bond donors (Lipinski definition) is 2. The molecule has 7 heteroatoms. The lowest BCUT2D eigenvalue weighted by molar-refractivity contribution is 0.410. The second kappa shape index (κ2) is 5.34. The van der Waals surface area contributed by atoms with Crippen molar-refractivity contribution in [3.05, 3.63) is 41.4 Å². The molecule has 0 bridgehead atoms. The summed E-state index contributed by atoms with van der Waals surface area (Å²) in [5.41, 5.74) is 2.26. The van der Waals surface area contributed by atoms with Crippen molar-refractivity contribution < 1.29 is 4.74 Å². The second-order valence-corrected chi connectivity index (χ2v) is 4.50. The molecule has 1 aromatic carbocycles. The molecule has 0 spiro atoms. The predicted molar refractivity (Wildman–Crippen MR) is 77.0 cm³/mol. The Hall–Kier alpha value is -2.34. The van der Waals surface area contributed by atoms with Crippen molar-refractivity contribution in [2.45, 2.75) is 6.54 Å².